The summed E-state index contributed by atoms with van der Waals surface area (Å²) in [6.07, 6.45) is 14.6. The van der Waals surface area contributed by atoms with Crippen molar-refractivity contribution in [1.29, 1.82) is 0 Å². The Balaban J connectivity index is 2.24. The van der Waals surface area contributed by atoms with Gasteiger partial charge in [-0.1, -0.05) is 120 Å². The Hall–Kier alpha value is -3.50. The molecule has 3 amide bonds. The van der Waals surface area contributed by atoms with Crippen LogP contribution in [0, 0.1) is 0 Å². The van der Waals surface area contributed by atoms with E-state index in [0.29, 0.717) is 11.6 Å². The second kappa shape index (κ2) is 24.0. The Morgan fingerprint density at radius 1 is 0.767 bits per heavy atom. The predicted octanol–water partition coefficient (Wildman–Crippen LogP) is 6.91. The van der Waals surface area contributed by atoms with Crippen LogP contribution < -0.4 is 16.8 Å². The number of benzene rings is 1. The molecule has 1 aromatic carbocycles. The van der Waals surface area contributed by atoms with Crippen molar-refractivity contribution in [3.8, 4) is 0 Å². The Morgan fingerprint density at radius 3 is 1.79 bits per heavy atom. The van der Waals surface area contributed by atoms with Gasteiger partial charge in [0.15, 0.2) is 6.61 Å². The molecule has 0 spiro atoms. The number of oxime groups is 1. The zero-order chi connectivity index (χ0) is 31.7. The standard InChI is InChI=1S/C32H54N4O7/c1-4-5-6-7-8-9-10-11-12-13-14-15-16-25(2)27-17-19-28(20-18-27)26(3)36-43-22-21-40-32(39)35-29(23-41-30(33)37)24-42-31(34)38/h17-20,25,29H,4-16,21-24H2,1-3H3,(H2,33,37)(H2,34,38)(H,35,39)/b36-26+/t25-/m1/s1. The largest absolute Gasteiger partial charge is 0.447 e. The van der Waals surface area contributed by atoms with Crippen LogP contribution in [-0.2, 0) is 19.0 Å². The quantitative estimate of drug-likeness (QED) is 0.0498. The second-order valence-electron chi connectivity index (χ2n) is 10.9. The van der Waals surface area contributed by atoms with Gasteiger partial charge in [0.2, 0.25) is 0 Å². The summed E-state index contributed by atoms with van der Waals surface area (Å²) in [6.45, 7) is 5.69. The molecule has 0 heterocycles. The molecule has 0 aliphatic rings. The molecule has 11 nitrogen and oxygen atoms in total. The topological polar surface area (TPSA) is 165 Å². The minimum Gasteiger partial charge on any atom is -0.447 e. The number of unbranched alkanes of at least 4 members (excludes halogenated alkanes) is 11. The van der Waals surface area contributed by atoms with Crippen molar-refractivity contribution in [3.63, 3.8) is 0 Å². The van der Waals surface area contributed by atoms with E-state index in [9.17, 15) is 14.4 Å². The predicted molar refractivity (Wildman–Crippen MR) is 168 cm³/mol. The molecule has 0 unspecified atom stereocenters. The van der Waals surface area contributed by atoms with Crippen LogP contribution in [0.15, 0.2) is 29.4 Å². The highest BCUT2D eigenvalue weighted by Crippen LogP contribution is 2.23. The fourth-order valence-corrected chi connectivity index (χ4v) is 4.58. The number of carbonyl (C=O) groups excluding carboxylic acids is 3. The number of primary amides is 2. The first-order valence-corrected chi connectivity index (χ1v) is 15.8. The average molecular weight is 607 g/mol. The van der Waals surface area contributed by atoms with Crippen molar-refractivity contribution < 1.29 is 33.4 Å². The number of nitrogens with one attached hydrogen (secondary N) is 1. The van der Waals surface area contributed by atoms with Crippen LogP contribution in [-0.4, -0.2) is 56.5 Å². The highest BCUT2D eigenvalue weighted by Gasteiger charge is 2.17. The molecule has 0 bridgehead atoms. The lowest BCUT2D eigenvalue weighted by Gasteiger charge is -2.17. The number of ether oxygens (including phenoxy) is 3. The van der Waals surface area contributed by atoms with Gasteiger partial charge in [-0.3, -0.25) is 0 Å². The van der Waals surface area contributed by atoms with Gasteiger partial charge >= 0.3 is 18.3 Å². The number of alkyl carbamates (subject to hydrolysis) is 1. The first-order chi connectivity index (χ1) is 20.7. The van der Waals surface area contributed by atoms with Crippen molar-refractivity contribution in [2.24, 2.45) is 16.6 Å². The van der Waals surface area contributed by atoms with Crippen LogP contribution in [0.2, 0.25) is 0 Å². The highest BCUT2D eigenvalue weighted by atomic mass is 16.6. The van der Waals surface area contributed by atoms with E-state index in [4.69, 9.17) is 21.0 Å². The van der Waals surface area contributed by atoms with Gasteiger partial charge in [-0.25, -0.2) is 14.4 Å². The zero-order valence-corrected chi connectivity index (χ0v) is 26.4. The molecular formula is C32H54N4O7. The summed E-state index contributed by atoms with van der Waals surface area (Å²) in [7, 11) is 0. The summed E-state index contributed by atoms with van der Waals surface area (Å²) in [6, 6.07) is 7.50. The molecule has 0 saturated carbocycles. The van der Waals surface area contributed by atoms with E-state index in [0.717, 1.165) is 5.56 Å². The minimum absolute atomic E-state index is 0.0269. The summed E-state index contributed by atoms with van der Waals surface area (Å²) in [5.41, 5.74) is 12.8. The molecule has 0 radical (unpaired) electrons. The monoisotopic (exact) mass is 606 g/mol. The first kappa shape index (κ1) is 37.5. The zero-order valence-electron chi connectivity index (χ0n) is 26.4. The molecule has 5 N–H and O–H groups in total. The van der Waals surface area contributed by atoms with Gasteiger partial charge in [-0.15, -0.1) is 0 Å². The molecule has 0 aromatic heterocycles. The normalized spacial score (nSPS) is 12.0. The van der Waals surface area contributed by atoms with Gasteiger partial charge in [0.1, 0.15) is 25.9 Å². The Kier molecular flexibility index (Phi) is 20.9. The summed E-state index contributed by atoms with van der Waals surface area (Å²) < 4.78 is 14.2. The molecule has 1 rings (SSSR count). The van der Waals surface area contributed by atoms with Crippen LogP contribution in [0.1, 0.15) is 121 Å². The third kappa shape index (κ3) is 20.1. The van der Waals surface area contributed by atoms with Crippen molar-refractivity contribution >= 4 is 24.0 Å². The van der Waals surface area contributed by atoms with E-state index in [1.807, 2.05) is 19.1 Å². The molecule has 0 fully saturated rings. The molecule has 11 heteroatoms. The van der Waals surface area contributed by atoms with Crippen molar-refractivity contribution in [2.75, 3.05) is 26.4 Å². The van der Waals surface area contributed by atoms with E-state index >= 15 is 0 Å². The van der Waals surface area contributed by atoms with Gasteiger partial charge in [0, 0.05) is 0 Å². The molecule has 1 aromatic rings. The Morgan fingerprint density at radius 2 is 1.28 bits per heavy atom. The first-order valence-electron chi connectivity index (χ1n) is 15.8. The maximum absolute atomic E-state index is 12.0. The molecule has 43 heavy (non-hydrogen) atoms. The van der Waals surface area contributed by atoms with Crippen molar-refractivity contribution in [1.82, 2.24) is 5.32 Å². The SMILES string of the molecule is CCCCCCCCCCCCCC[C@@H](C)c1ccc(/C(C)=N/OCCOC(=O)NC(COC(N)=O)COC(N)=O)cc1. The minimum atomic E-state index is -1.04. The van der Waals surface area contributed by atoms with Gasteiger partial charge in [0.05, 0.1) is 5.71 Å². The van der Waals surface area contributed by atoms with Crippen LogP contribution in [0.4, 0.5) is 14.4 Å². The van der Waals surface area contributed by atoms with Gasteiger partial charge in [-0.05, 0) is 30.4 Å². The highest BCUT2D eigenvalue weighted by molar-refractivity contribution is 5.98. The molecule has 0 aliphatic heterocycles. The van der Waals surface area contributed by atoms with E-state index in [-0.39, 0.29) is 26.4 Å². The van der Waals surface area contributed by atoms with Crippen molar-refractivity contribution in [3.05, 3.63) is 35.4 Å². The number of rotatable bonds is 24. The van der Waals surface area contributed by atoms with E-state index in [1.54, 1.807) is 0 Å². The van der Waals surface area contributed by atoms with E-state index in [2.05, 4.69) is 45.9 Å². The van der Waals surface area contributed by atoms with E-state index < -0.39 is 24.3 Å². The fourth-order valence-electron chi connectivity index (χ4n) is 4.58. The second-order valence-corrected chi connectivity index (χ2v) is 10.9. The smallest absolute Gasteiger partial charge is 0.407 e. The van der Waals surface area contributed by atoms with Crippen molar-refractivity contribution in [2.45, 2.75) is 116 Å². The maximum Gasteiger partial charge on any atom is 0.407 e. The molecule has 0 saturated heterocycles. The van der Waals surface area contributed by atoms with Gasteiger partial charge in [-0.2, -0.15) is 0 Å². The molecule has 244 valence electrons. The lowest BCUT2D eigenvalue weighted by Crippen LogP contribution is -2.43. The van der Waals surface area contributed by atoms with E-state index in [1.165, 1.54) is 89.0 Å². The number of nitrogens with zero attached hydrogens (tertiary/aromatic N) is 1. The lowest BCUT2D eigenvalue weighted by molar-refractivity contribution is 0.0673. The summed E-state index contributed by atoms with van der Waals surface area (Å²) in [4.78, 5) is 38.8. The average Bonchev–Trinajstić information content (AvgIpc) is 2.98. The fraction of sp³-hybridized carbons (Fsp3) is 0.688. The summed E-state index contributed by atoms with van der Waals surface area (Å²) in [5.74, 6) is 0.512. The number of carbonyl (C=O) groups is 3. The summed E-state index contributed by atoms with van der Waals surface area (Å²) in [5, 5.41) is 6.48. The van der Waals surface area contributed by atoms with Crippen LogP contribution in [0.5, 0.6) is 0 Å². The van der Waals surface area contributed by atoms with Crippen LogP contribution in [0.25, 0.3) is 0 Å². The lowest BCUT2D eigenvalue weighted by atomic mass is 9.93. The number of hydrogen-bond donors (Lipinski definition) is 3. The van der Waals surface area contributed by atoms with Gasteiger partial charge in [0.25, 0.3) is 0 Å². The third-order valence-electron chi connectivity index (χ3n) is 7.17. The number of hydrogen-bond acceptors (Lipinski definition) is 8. The number of nitrogens with two attached hydrogens (primary N) is 2. The Bertz CT molecular complexity index is 922. The third-order valence-corrected chi connectivity index (χ3v) is 7.17. The van der Waals surface area contributed by atoms with Crippen LogP contribution >= 0.6 is 0 Å². The Labute approximate surface area is 257 Å². The molecular weight excluding hydrogens is 552 g/mol. The van der Waals surface area contributed by atoms with Gasteiger partial charge < -0.3 is 35.8 Å². The number of amides is 3. The molecule has 1 atom stereocenters. The molecule has 0 aliphatic carbocycles. The maximum atomic E-state index is 12.0. The summed E-state index contributed by atoms with van der Waals surface area (Å²) >= 11 is 0. The van der Waals surface area contributed by atoms with Crippen LogP contribution in [0.3, 0.4) is 0 Å².